The van der Waals surface area contributed by atoms with Gasteiger partial charge in [-0.05, 0) is 12.3 Å². The predicted octanol–water partition coefficient (Wildman–Crippen LogP) is 2.96. The minimum atomic E-state index is 0.478. The number of nitrogen functional groups attached to an aromatic ring is 1. The van der Waals surface area contributed by atoms with Crippen molar-refractivity contribution in [1.82, 2.24) is 19.5 Å². The van der Waals surface area contributed by atoms with Crippen LogP contribution in [0.25, 0.3) is 11.2 Å². The van der Waals surface area contributed by atoms with Gasteiger partial charge in [-0.25, -0.2) is 15.0 Å². The molecule has 5 nitrogen and oxygen atoms in total. The van der Waals surface area contributed by atoms with E-state index in [0.29, 0.717) is 17.3 Å². The van der Waals surface area contributed by atoms with Gasteiger partial charge in [0.05, 0.1) is 6.33 Å². The third-order valence-electron chi connectivity index (χ3n) is 2.76. The van der Waals surface area contributed by atoms with Crippen LogP contribution < -0.4 is 5.73 Å². The van der Waals surface area contributed by atoms with E-state index in [9.17, 15) is 0 Å². The molecule has 2 aromatic rings. The van der Waals surface area contributed by atoms with Crippen LogP contribution in [0.5, 0.6) is 0 Å². The number of unbranched alkanes of at least 4 members (excludes halogenated alkanes) is 1. The number of aromatic nitrogens is 4. The summed E-state index contributed by atoms with van der Waals surface area (Å²) in [4.78, 5) is 13.2. The van der Waals surface area contributed by atoms with Gasteiger partial charge in [-0.1, -0.05) is 39.0 Å². The van der Waals surface area contributed by atoms with E-state index in [2.05, 4.69) is 40.3 Å². The van der Waals surface area contributed by atoms with Crippen LogP contribution in [0.4, 0.5) is 5.82 Å². The van der Waals surface area contributed by atoms with Gasteiger partial charge >= 0.3 is 0 Å². The number of imidazole rings is 1. The van der Waals surface area contributed by atoms with E-state index in [1.807, 2.05) is 0 Å². The number of rotatable bonds is 6. The molecule has 0 bridgehead atoms. The zero-order valence-corrected chi connectivity index (χ0v) is 12.6. The van der Waals surface area contributed by atoms with Crippen molar-refractivity contribution in [2.45, 2.75) is 45.3 Å². The highest BCUT2D eigenvalue weighted by molar-refractivity contribution is 7.99. The number of anilines is 1. The summed E-state index contributed by atoms with van der Waals surface area (Å²) in [7, 11) is 0. The molecule has 6 heteroatoms. The predicted molar refractivity (Wildman–Crippen MR) is 80.2 cm³/mol. The first-order chi connectivity index (χ1) is 9.11. The normalized spacial score (nSPS) is 11.6. The molecule has 0 fully saturated rings. The van der Waals surface area contributed by atoms with Crippen molar-refractivity contribution in [2.75, 3.05) is 11.5 Å². The van der Waals surface area contributed by atoms with Crippen LogP contribution in [-0.2, 0) is 6.54 Å². The molecule has 2 aromatic heterocycles. The molecule has 19 heavy (non-hydrogen) atoms. The number of fused-ring (bicyclic) bond motifs is 1. The molecule has 0 saturated carbocycles. The largest absolute Gasteiger partial charge is 0.382 e. The molecule has 0 atom stereocenters. The lowest BCUT2D eigenvalue weighted by Crippen LogP contribution is -2.05. The summed E-state index contributed by atoms with van der Waals surface area (Å²) in [5.41, 5.74) is 7.52. The van der Waals surface area contributed by atoms with Gasteiger partial charge in [-0.15, -0.1) is 0 Å². The second kappa shape index (κ2) is 6.23. The zero-order chi connectivity index (χ0) is 13.8. The Morgan fingerprint density at radius 3 is 2.84 bits per heavy atom. The maximum absolute atomic E-state index is 5.97. The maximum atomic E-state index is 5.97. The lowest BCUT2D eigenvalue weighted by molar-refractivity contribution is 0.529. The molecule has 0 unspecified atom stereocenters. The van der Waals surface area contributed by atoms with Crippen LogP contribution in [0, 0.1) is 5.92 Å². The lowest BCUT2D eigenvalue weighted by atomic mass is 10.2. The van der Waals surface area contributed by atoms with Crippen molar-refractivity contribution < 1.29 is 0 Å². The minimum absolute atomic E-state index is 0.478. The van der Waals surface area contributed by atoms with E-state index < -0.39 is 0 Å². The molecule has 0 aliphatic heterocycles. The molecule has 0 aliphatic rings. The Balaban J connectivity index is 2.30. The summed E-state index contributed by atoms with van der Waals surface area (Å²) in [6.07, 6.45) is 4.14. The second-order valence-corrected chi connectivity index (χ2v) is 6.12. The number of hydrogen-bond acceptors (Lipinski definition) is 5. The fraction of sp³-hybridized carbons (Fsp3) is 0.615. The molecule has 2 heterocycles. The van der Waals surface area contributed by atoms with E-state index in [0.717, 1.165) is 29.5 Å². The van der Waals surface area contributed by atoms with Crippen molar-refractivity contribution in [3.63, 3.8) is 0 Å². The van der Waals surface area contributed by atoms with Gasteiger partial charge in [0.2, 0.25) is 0 Å². The Morgan fingerprint density at radius 2 is 2.16 bits per heavy atom. The molecular weight excluding hydrogens is 258 g/mol. The fourth-order valence-electron chi connectivity index (χ4n) is 1.84. The molecule has 0 spiro atoms. The van der Waals surface area contributed by atoms with E-state index in [1.165, 1.54) is 6.42 Å². The van der Waals surface area contributed by atoms with Crippen molar-refractivity contribution >= 4 is 28.7 Å². The van der Waals surface area contributed by atoms with Crippen LogP contribution in [0.3, 0.4) is 0 Å². The molecule has 2 rings (SSSR count). The zero-order valence-electron chi connectivity index (χ0n) is 11.8. The lowest BCUT2D eigenvalue weighted by Gasteiger charge is -2.07. The van der Waals surface area contributed by atoms with Gasteiger partial charge in [0.25, 0.3) is 0 Å². The Kier molecular flexibility index (Phi) is 4.63. The average Bonchev–Trinajstić information content (AvgIpc) is 2.73. The van der Waals surface area contributed by atoms with E-state index in [4.69, 9.17) is 5.73 Å². The molecule has 2 N–H and O–H groups in total. The minimum Gasteiger partial charge on any atom is -0.382 e. The summed E-state index contributed by atoms with van der Waals surface area (Å²) < 4.78 is 2.06. The van der Waals surface area contributed by atoms with E-state index >= 15 is 0 Å². The van der Waals surface area contributed by atoms with E-state index in [1.54, 1.807) is 18.1 Å². The highest BCUT2D eigenvalue weighted by Gasteiger charge is 2.12. The summed E-state index contributed by atoms with van der Waals surface area (Å²) in [5, 5.41) is 0.754. The first-order valence-electron chi connectivity index (χ1n) is 6.73. The highest BCUT2D eigenvalue weighted by Crippen LogP contribution is 2.22. The number of thioether (sulfide) groups is 1. The monoisotopic (exact) mass is 279 g/mol. The van der Waals surface area contributed by atoms with Crippen molar-refractivity contribution in [3.8, 4) is 0 Å². The van der Waals surface area contributed by atoms with E-state index in [-0.39, 0.29) is 0 Å². The Hall–Kier alpha value is -1.30. The van der Waals surface area contributed by atoms with Gasteiger partial charge in [0.1, 0.15) is 5.52 Å². The number of nitrogens with two attached hydrogens (primary N) is 1. The SMILES string of the molecule is CCCCSc1nc(N)c2ncn(CC(C)C)c2n1. The van der Waals surface area contributed by atoms with Crippen LogP contribution in [-0.4, -0.2) is 25.3 Å². The Bertz CT molecular complexity index is 549. The summed E-state index contributed by atoms with van der Waals surface area (Å²) in [6, 6.07) is 0. The van der Waals surface area contributed by atoms with Crippen LogP contribution in [0.2, 0.25) is 0 Å². The van der Waals surface area contributed by atoms with Crippen molar-refractivity contribution in [1.29, 1.82) is 0 Å². The number of nitrogens with zero attached hydrogens (tertiary/aromatic N) is 4. The fourth-order valence-corrected chi connectivity index (χ4v) is 2.77. The van der Waals surface area contributed by atoms with Crippen molar-refractivity contribution in [3.05, 3.63) is 6.33 Å². The van der Waals surface area contributed by atoms with Crippen LogP contribution >= 0.6 is 11.8 Å². The number of hydrogen-bond donors (Lipinski definition) is 1. The van der Waals surface area contributed by atoms with Gasteiger partial charge in [0.15, 0.2) is 16.6 Å². The van der Waals surface area contributed by atoms with Crippen molar-refractivity contribution in [2.24, 2.45) is 5.92 Å². The smallest absolute Gasteiger partial charge is 0.191 e. The molecule has 0 radical (unpaired) electrons. The standard InChI is InChI=1S/C13H21N5S/c1-4-5-6-19-13-16-11(14)10-12(17-13)18(8-15-10)7-9(2)3/h8-9H,4-7H2,1-3H3,(H2,14,16,17). The van der Waals surface area contributed by atoms with Gasteiger partial charge in [-0.2, -0.15) is 0 Å². The molecule has 0 saturated heterocycles. The summed E-state index contributed by atoms with van der Waals surface area (Å²) in [5.74, 6) is 2.05. The Morgan fingerprint density at radius 1 is 1.37 bits per heavy atom. The van der Waals surface area contributed by atoms with Gasteiger partial charge in [-0.3, -0.25) is 0 Å². The summed E-state index contributed by atoms with van der Waals surface area (Å²) in [6.45, 7) is 7.42. The topological polar surface area (TPSA) is 69.6 Å². The quantitative estimate of drug-likeness (QED) is 0.500. The summed E-state index contributed by atoms with van der Waals surface area (Å²) >= 11 is 1.66. The molecule has 0 amide bonds. The molecule has 0 aromatic carbocycles. The van der Waals surface area contributed by atoms with Crippen LogP contribution in [0.1, 0.15) is 33.6 Å². The third-order valence-corrected chi connectivity index (χ3v) is 3.69. The Labute approximate surface area is 118 Å². The first-order valence-corrected chi connectivity index (χ1v) is 7.71. The second-order valence-electron chi connectivity index (χ2n) is 5.06. The highest BCUT2D eigenvalue weighted by atomic mass is 32.2. The maximum Gasteiger partial charge on any atom is 0.191 e. The average molecular weight is 279 g/mol. The molecular formula is C13H21N5S. The molecule has 0 aliphatic carbocycles. The third kappa shape index (κ3) is 3.37. The van der Waals surface area contributed by atoms with Gasteiger partial charge in [0, 0.05) is 12.3 Å². The molecule has 104 valence electrons. The van der Waals surface area contributed by atoms with Crippen LogP contribution in [0.15, 0.2) is 11.5 Å². The first kappa shape index (κ1) is 14.1. The van der Waals surface area contributed by atoms with Gasteiger partial charge < -0.3 is 10.3 Å².